The molecular weight excluding hydrogens is 324 g/mol. The SMILES string of the molecule is COc1cc(C(=O)c2sc(SC)nc2N)cc(OC)c1OC. The molecule has 0 spiro atoms. The van der Waals surface area contributed by atoms with Gasteiger partial charge in [0.2, 0.25) is 11.5 Å². The number of thioether (sulfide) groups is 1. The third kappa shape index (κ3) is 2.97. The number of ketones is 1. The van der Waals surface area contributed by atoms with Crippen LogP contribution < -0.4 is 19.9 Å². The van der Waals surface area contributed by atoms with Crippen molar-refractivity contribution in [3.63, 3.8) is 0 Å². The van der Waals surface area contributed by atoms with E-state index in [1.54, 1.807) is 12.1 Å². The Morgan fingerprint density at radius 3 is 2.18 bits per heavy atom. The number of benzene rings is 1. The number of hydrogen-bond donors (Lipinski definition) is 1. The number of ether oxygens (including phenoxy) is 3. The van der Waals surface area contributed by atoms with Gasteiger partial charge in [-0.1, -0.05) is 11.8 Å². The lowest BCUT2D eigenvalue weighted by Gasteiger charge is -2.13. The van der Waals surface area contributed by atoms with Gasteiger partial charge in [0, 0.05) is 5.56 Å². The molecule has 0 radical (unpaired) electrons. The maximum Gasteiger partial charge on any atom is 0.207 e. The van der Waals surface area contributed by atoms with Crippen LogP contribution >= 0.6 is 23.1 Å². The Morgan fingerprint density at radius 2 is 1.77 bits per heavy atom. The first kappa shape index (κ1) is 16.4. The number of nitrogen functional groups attached to an aromatic ring is 1. The Morgan fingerprint density at radius 1 is 1.18 bits per heavy atom. The predicted molar refractivity (Wildman–Crippen MR) is 87.8 cm³/mol. The van der Waals surface area contributed by atoms with E-state index in [1.807, 2.05) is 6.26 Å². The molecule has 6 nitrogen and oxygen atoms in total. The standard InChI is InChI=1S/C14H16N2O4S2/c1-18-8-5-7(6-9(19-2)11(8)20-3)10(17)12-13(15)16-14(21-4)22-12/h5-6H,15H2,1-4H3. The Bertz CT molecular complexity index is 675. The molecule has 2 aromatic rings. The molecule has 0 bridgehead atoms. The number of hydrogen-bond acceptors (Lipinski definition) is 8. The molecule has 0 saturated carbocycles. The van der Waals surface area contributed by atoms with Crippen molar-refractivity contribution in [1.82, 2.24) is 4.98 Å². The quantitative estimate of drug-likeness (QED) is 0.639. The molecule has 0 aliphatic rings. The largest absolute Gasteiger partial charge is 0.493 e. The van der Waals surface area contributed by atoms with Crippen molar-refractivity contribution in [2.24, 2.45) is 0 Å². The lowest BCUT2D eigenvalue weighted by molar-refractivity contribution is 0.104. The highest BCUT2D eigenvalue weighted by Crippen LogP contribution is 2.39. The van der Waals surface area contributed by atoms with Crippen molar-refractivity contribution < 1.29 is 19.0 Å². The summed E-state index contributed by atoms with van der Waals surface area (Å²) in [4.78, 5) is 17.2. The van der Waals surface area contributed by atoms with Crippen molar-refractivity contribution in [3.05, 3.63) is 22.6 Å². The van der Waals surface area contributed by atoms with Gasteiger partial charge in [0.25, 0.3) is 0 Å². The van der Waals surface area contributed by atoms with Crippen LogP contribution in [0.4, 0.5) is 5.82 Å². The number of rotatable bonds is 6. The summed E-state index contributed by atoms with van der Waals surface area (Å²) in [6, 6.07) is 3.20. The van der Waals surface area contributed by atoms with E-state index in [2.05, 4.69) is 4.98 Å². The minimum atomic E-state index is -0.227. The van der Waals surface area contributed by atoms with Gasteiger partial charge < -0.3 is 19.9 Å². The number of aromatic nitrogens is 1. The first-order valence-electron chi connectivity index (χ1n) is 6.20. The second-order valence-corrected chi connectivity index (χ2v) is 6.19. The second-order valence-electron chi connectivity index (χ2n) is 4.14. The summed E-state index contributed by atoms with van der Waals surface area (Å²) in [7, 11) is 4.50. The lowest BCUT2D eigenvalue weighted by atomic mass is 10.1. The van der Waals surface area contributed by atoms with Crippen LogP contribution in [-0.2, 0) is 0 Å². The molecule has 1 aromatic heterocycles. The van der Waals surface area contributed by atoms with E-state index in [0.717, 1.165) is 4.34 Å². The van der Waals surface area contributed by atoms with E-state index < -0.39 is 0 Å². The lowest BCUT2D eigenvalue weighted by Crippen LogP contribution is -2.05. The Balaban J connectivity index is 2.51. The van der Waals surface area contributed by atoms with Crippen LogP contribution in [0.25, 0.3) is 0 Å². The van der Waals surface area contributed by atoms with Gasteiger partial charge >= 0.3 is 0 Å². The molecular formula is C14H16N2O4S2. The summed E-state index contributed by atoms with van der Waals surface area (Å²) in [5.74, 6) is 1.27. The van der Waals surface area contributed by atoms with Crippen molar-refractivity contribution in [2.45, 2.75) is 4.34 Å². The fourth-order valence-electron chi connectivity index (χ4n) is 1.90. The van der Waals surface area contributed by atoms with Gasteiger partial charge in [-0.3, -0.25) is 4.79 Å². The van der Waals surface area contributed by atoms with E-state index >= 15 is 0 Å². The number of nitrogens with zero attached hydrogens (tertiary/aromatic N) is 1. The smallest absolute Gasteiger partial charge is 0.207 e. The fraction of sp³-hybridized carbons (Fsp3) is 0.286. The van der Waals surface area contributed by atoms with Gasteiger partial charge in [-0.2, -0.15) is 0 Å². The molecule has 0 aliphatic heterocycles. The van der Waals surface area contributed by atoms with E-state index in [9.17, 15) is 4.79 Å². The molecule has 0 unspecified atom stereocenters. The number of thiazole rings is 1. The molecule has 2 rings (SSSR count). The second kappa shape index (κ2) is 6.89. The minimum Gasteiger partial charge on any atom is -0.493 e. The summed E-state index contributed by atoms with van der Waals surface area (Å²) in [6.45, 7) is 0. The minimum absolute atomic E-state index is 0.227. The van der Waals surface area contributed by atoms with Gasteiger partial charge in [-0.25, -0.2) is 4.98 Å². The summed E-state index contributed by atoms with van der Waals surface area (Å²) in [5, 5.41) is 0. The van der Waals surface area contributed by atoms with Gasteiger partial charge in [0.15, 0.2) is 15.8 Å². The van der Waals surface area contributed by atoms with Crippen LogP contribution in [0, 0.1) is 0 Å². The molecule has 0 atom stereocenters. The van der Waals surface area contributed by atoms with E-state index in [0.29, 0.717) is 27.7 Å². The number of nitrogens with two attached hydrogens (primary N) is 1. The highest BCUT2D eigenvalue weighted by Gasteiger charge is 2.22. The average Bonchev–Trinajstić information content (AvgIpc) is 2.93. The maximum absolute atomic E-state index is 12.7. The number of carbonyl (C=O) groups is 1. The topological polar surface area (TPSA) is 83.7 Å². The molecule has 0 amide bonds. The maximum atomic E-state index is 12.7. The highest BCUT2D eigenvalue weighted by molar-refractivity contribution is 8.00. The van der Waals surface area contributed by atoms with E-state index in [-0.39, 0.29) is 11.6 Å². The summed E-state index contributed by atoms with van der Waals surface area (Å²) in [6.07, 6.45) is 1.88. The van der Waals surface area contributed by atoms with E-state index in [4.69, 9.17) is 19.9 Å². The van der Waals surface area contributed by atoms with E-state index in [1.165, 1.54) is 44.4 Å². The Hall–Kier alpha value is -1.93. The molecule has 22 heavy (non-hydrogen) atoms. The van der Waals surface area contributed by atoms with Crippen LogP contribution in [0.1, 0.15) is 15.2 Å². The molecule has 0 aliphatic carbocycles. The van der Waals surface area contributed by atoms with Gasteiger partial charge in [0.05, 0.1) is 21.3 Å². The highest BCUT2D eigenvalue weighted by atomic mass is 32.2. The third-order valence-corrected chi connectivity index (χ3v) is 5.00. The first-order chi connectivity index (χ1) is 10.5. The van der Waals surface area contributed by atoms with Gasteiger partial charge in [-0.05, 0) is 18.4 Å². The first-order valence-corrected chi connectivity index (χ1v) is 8.24. The van der Waals surface area contributed by atoms with Crippen LogP contribution in [0.5, 0.6) is 17.2 Å². The number of carbonyl (C=O) groups excluding carboxylic acids is 1. The van der Waals surface area contributed by atoms with Crippen LogP contribution in [0.3, 0.4) is 0 Å². The molecule has 118 valence electrons. The summed E-state index contributed by atoms with van der Waals surface area (Å²) in [5.41, 5.74) is 6.23. The zero-order chi connectivity index (χ0) is 16.3. The summed E-state index contributed by atoms with van der Waals surface area (Å²) >= 11 is 2.71. The molecule has 0 fully saturated rings. The monoisotopic (exact) mass is 340 g/mol. The third-order valence-electron chi connectivity index (χ3n) is 2.94. The van der Waals surface area contributed by atoms with Crippen molar-refractivity contribution in [2.75, 3.05) is 33.3 Å². The van der Waals surface area contributed by atoms with Crippen molar-refractivity contribution in [3.8, 4) is 17.2 Å². The average molecular weight is 340 g/mol. The number of methoxy groups -OCH3 is 3. The van der Waals surface area contributed by atoms with Gasteiger partial charge in [0.1, 0.15) is 10.7 Å². The molecule has 2 N–H and O–H groups in total. The molecule has 8 heteroatoms. The van der Waals surface area contributed by atoms with Crippen LogP contribution in [-0.4, -0.2) is 38.4 Å². The van der Waals surface area contributed by atoms with Crippen LogP contribution in [0.15, 0.2) is 16.5 Å². The normalized spacial score (nSPS) is 10.4. The van der Waals surface area contributed by atoms with Gasteiger partial charge in [-0.15, -0.1) is 11.3 Å². The van der Waals surface area contributed by atoms with Crippen molar-refractivity contribution in [1.29, 1.82) is 0 Å². The molecule has 1 heterocycles. The Labute approximate surface area is 136 Å². The van der Waals surface area contributed by atoms with Crippen molar-refractivity contribution >= 4 is 34.7 Å². The van der Waals surface area contributed by atoms with Crippen LogP contribution in [0.2, 0.25) is 0 Å². The zero-order valence-corrected chi connectivity index (χ0v) is 14.3. The fourth-order valence-corrected chi connectivity index (χ4v) is 3.36. The summed E-state index contributed by atoms with van der Waals surface area (Å²) < 4.78 is 16.5. The predicted octanol–water partition coefficient (Wildman–Crippen LogP) is 2.70. The number of anilines is 1. The molecule has 0 saturated heterocycles. The Kier molecular flexibility index (Phi) is 5.15. The zero-order valence-electron chi connectivity index (χ0n) is 12.6. The molecule has 1 aromatic carbocycles.